The number of carboxylic acid groups (broad SMARTS) is 1. The summed E-state index contributed by atoms with van der Waals surface area (Å²) in [5.74, 6) is -1.57. The summed E-state index contributed by atoms with van der Waals surface area (Å²) in [6, 6.07) is -0.256. The molecule has 7 nitrogen and oxygen atoms in total. The molecule has 0 aromatic heterocycles. The molecule has 0 aromatic rings. The van der Waals surface area contributed by atoms with Crippen LogP contribution in [-0.4, -0.2) is 54.1 Å². The second kappa shape index (κ2) is 6.38. The molecule has 0 aromatic carbocycles. The van der Waals surface area contributed by atoms with Crippen molar-refractivity contribution in [3.05, 3.63) is 0 Å². The summed E-state index contributed by atoms with van der Waals surface area (Å²) >= 11 is 0. The molecular weight excluding hydrogens is 284 g/mol. The molecule has 1 saturated heterocycles. The van der Waals surface area contributed by atoms with Crippen molar-refractivity contribution in [1.29, 1.82) is 0 Å². The van der Waals surface area contributed by atoms with Crippen LogP contribution in [0, 0.1) is 5.92 Å². The van der Waals surface area contributed by atoms with Crippen molar-refractivity contribution in [2.24, 2.45) is 5.92 Å². The molecule has 0 radical (unpaired) electrons. The number of nitrogens with zero attached hydrogens (tertiary/aromatic N) is 1. The van der Waals surface area contributed by atoms with E-state index < -0.39 is 28.2 Å². The van der Waals surface area contributed by atoms with Crippen molar-refractivity contribution in [2.75, 3.05) is 13.1 Å². The second-order valence-electron chi connectivity index (χ2n) is 5.68. The normalized spacial score (nSPS) is 33.0. The number of hydrogen-bond donors (Lipinski definition) is 3. The van der Waals surface area contributed by atoms with Crippen molar-refractivity contribution in [2.45, 2.75) is 50.7 Å². The van der Waals surface area contributed by atoms with Gasteiger partial charge in [0.25, 0.3) is 10.2 Å². The highest BCUT2D eigenvalue weighted by atomic mass is 32.2. The highest BCUT2D eigenvalue weighted by Gasteiger charge is 2.34. The molecule has 2 fully saturated rings. The highest BCUT2D eigenvalue weighted by molar-refractivity contribution is 7.87. The molecule has 2 aliphatic rings. The zero-order valence-corrected chi connectivity index (χ0v) is 12.2. The van der Waals surface area contributed by atoms with E-state index in [-0.39, 0.29) is 12.6 Å². The van der Waals surface area contributed by atoms with Crippen LogP contribution in [-0.2, 0) is 15.0 Å². The predicted molar refractivity (Wildman–Crippen MR) is 72.3 cm³/mol. The van der Waals surface area contributed by atoms with Crippen molar-refractivity contribution >= 4 is 16.2 Å². The van der Waals surface area contributed by atoms with E-state index in [0.29, 0.717) is 38.6 Å². The summed E-state index contributed by atoms with van der Waals surface area (Å²) in [7, 11) is -3.66. The number of hydrogen-bond acceptors (Lipinski definition) is 4. The van der Waals surface area contributed by atoms with Gasteiger partial charge in [-0.3, -0.25) is 4.79 Å². The first-order chi connectivity index (χ1) is 9.38. The largest absolute Gasteiger partial charge is 0.481 e. The minimum atomic E-state index is -3.66. The van der Waals surface area contributed by atoms with Gasteiger partial charge in [0.1, 0.15) is 0 Å². The van der Waals surface area contributed by atoms with Crippen LogP contribution < -0.4 is 4.72 Å². The predicted octanol–water partition coefficient (Wildman–Crippen LogP) is -0.0791. The summed E-state index contributed by atoms with van der Waals surface area (Å²) in [4.78, 5) is 11.0. The lowest BCUT2D eigenvalue weighted by Crippen LogP contribution is -2.51. The fourth-order valence-electron chi connectivity index (χ4n) is 2.92. The first-order valence-electron chi connectivity index (χ1n) is 7.07. The number of rotatable bonds is 4. The summed E-state index contributed by atoms with van der Waals surface area (Å²) < 4.78 is 28.4. The van der Waals surface area contributed by atoms with Crippen LogP contribution in [0.25, 0.3) is 0 Å². The molecular formula is C12H22N2O5S. The molecule has 3 N–H and O–H groups in total. The Bertz CT molecular complexity index is 453. The van der Waals surface area contributed by atoms with Crippen molar-refractivity contribution in [3.8, 4) is 0 Å². The van der Waals surface area contributed by atoms with Gasteiger partial charge in [0.2, 0.25) is 0 Å². The molecule has 1 saturated carbocycles. The number of carbonyl (C=O) groups is 1. The van der Waals surface area contributed by atoms with E-state index >= 15 is 0 Å². The van der Waals surface area contributed by atoms with Crippen molar-refractivity contribution < 1.29 is 23.4 Å². The maximum atomic E-state index is 12.3. The topological polar surface area (TPSA) is 107 Å². The van der Waals surface area contributed by atoms with Gasteiger partial charge in [-0.25, -0.2) is 0 Å². The Morgan fingerprint density at radius 1 is 1.20 bits per heavy atom. The molecule has 3 unspecified atom stereocenters. The van der Waals surface area contributed by atoms with Gasteiger partial charge in [-0.2, -0.15) is 17.4 Å². The quantitative estimate of drug-likeness (QED) is 0.673. The van der Waals surface area contributed by atoms with Crippen LogP contribution >= 0.6 is 0 Å². The first kappa shape index (κ1) is 15.7. The average Bonchev–Trinajstić information content (AvgIpc) is 2.38. The summed E-state index contributed by atoms with van der Waals surface area (Å²) in [6.45, 7) is 0.383. The average molecular weight is 306 g/mol. The Balaban J connectivity index is 1.97. The smallest absolute Gasteiger partial charge is 0.307 e. The van der Waals surface area contributed by atoms with Gasteiger partial charge in [0.05, 0.1) is 12.0 Å². The number of nitrogens with one attached hydrogen (secondary N) is 1. The lowest BCUT2D eigenvalue weighted by molar-refractivity contribution is -0.142. The molecule has 1 aliphatic heterocycles. The van der Waals surface area contributed by atoms with E-state index in [1.807, 2.05) is 0 Å². The van der Waals surface area contributed by atoms with Gasteiger partial charge < -0.3 is 10.2 Å². The van der Waals surface area contributed by atoms with E-state index in [1.54, 1.807) is 0 Å². The lowest BCUT2D eigenvalue weighted by Gasteiger charge is -2.33. The molecule has 0 spiro atoms. The number of aliphatic carboxylic acids is 1. The Hall–Kier alpha value is -0.700. The molecule has 3 atom stereocenters. The van der Waals surface area contributed by atoms with Gasteiger partial charge in [-0.05, 0) is 38.5 Å². The van der Waals surface area contributed by atoms with Crippen molar-refractivity contribution in [3.63, 3.8) is 0 Å². The summed E-state index contributed by atoms with van der Waals surface area (Å²) in [6.07, 6.45) is 3.27. The molecule has 20 heavy (non-hydrogen) atoms. The number of piperidine rings is 1. The molecule has 8 heteroatoms. The number of carboxylic acids is 1. The maximum absolute atomic E-state index is 12.3. The van der Waals surface area contributed by atoms with Crippen LogP contribution in [0.2, 0.25) is 0 Å². The van der Waals surface area contributed by atoms with Gasteiger partial charge in [-0.15, -0.1) is 0 Å². The lowest BCUT2D eigenvalue weighted by atomic mass is 9.94. The number of aliphatic hydroxyl groups excluding tert-OH is 1. The van der Waals surface area contributed by atoms with E-state index in [2.05, 4.69) is 4.72 Å². The zero-order chi connectivity index (χ0) is 14.8. The van der Waals surface area contributed by atoms with E-state index in [0.717, 1.165) is 6.42 Å². The molecule has 116 valence electrons. The summed E-state index contributed by atoms with van der Waals surface area (Å²) in [5.41, 5.74) is 0. The van der Waals surface area contributed by atoms with Crippen molar-refractivity contribution in [1.82, 2.24) is 9.03 Å². The summed E-state index contributed by atoms with van der Waals surface area (Å²) in [5, 5.41) is 18.6. The fourth-order valence-corrected chi connectivity index (χ4v) is 4.45. The monoisotopic (exact) mass is 306 g/mol. The first-order valence-corrected chi connectivity index (χ1v) is 8.51. The Labute approximate surface area is 119 Å². The van der Waals surface area contributed by atoms with Crippen LogP contribution in [0.3, 0.4) is 0 Å². The van der Waals surface area contributed by atoms with Crippen LogP contribution in [0.5, 0.6) is 0 Å². The minimum absolute atomic E-state index is 0.0277. The highest BCUT2D eigenvalue weighted by Crippen LogP contribution is 2.22. The molecule has 0 bridgehead atoms. The number of aliphatic hydroxyl groups is 1. The molecule has 2 rings (SSSR count). The van der Waals surface area contributed by atoms with Gasteiger partial charge in [0.15, 0.2) is 0 Å². The minimum Gasteiger partial charge on any atom is -0.481 e. The van der Waals surface area contributed by atoms with E-state index in [4.69, 9.17) is 5.11 Å². The Morgan fingerprint density at radius 2 is 1.95 bits per heavy atom. The Morgan fingerprint density at radius 3 is 2.60 bits per heavy atom. The third kappa shape index (κ3) is 3.91. The van der Waals surface area contributed by atoms with E-state index in [1.165, 1.54) is 4.31 Å². The van der Waals surface area contributed by atoms with Crippen LogP contribution in [0.15, 0.2) is 0 Å². The zero-order valence-electron chi connectivity index (χ0n) is 11.4. The van der Waals surface area contributed by atoms with Gasteiger partial charge >= 0.3 is 5.97 Å². The molecule has 0 amide bonds. The Kier molecular flexibility index (Phi) is 5.00. The molecule has 1 heterocycles. The second-order valence-corrected chi connectivity index (χ2v) is 7.38. The third-order valence-electron chi connectivity index (χ3n) is 4.04. The standard InChI is InChI=1S/C12H22N2O5S/c15-11-5-1-4-10(7-11)13-20(18,19)14-6-2-3-9(8-14)12(16)17/h9-11,13,15H,1-8H2,(H,16,17). The van der Waals surface area contributed by atoms with Crippen LogP contribution in [0.4, 0.5) is 0 Å². The van der Waals surface area contributed by atoms with Gasteiger partial charge in [-0.1, -0.05) is 0 Å². The molecule has 1 aliphatic carbocycles. The SMILES string of the molecule is O=C(O)C1CCCN(S(=O)(=O)NC2CCCC(O)C2)C1. The van der Waals surface area contributed by atoms with Gasteiger partial charge in [0, 0.05) is 19.1 Å². The maximum Gasteiger partial charge on any atom is 0.307 e. The third-order valence-corrected chi connectivity index (χ3v) is 5.68. The van der Waals surface area contributed by atoms with Crippen LogP contribution in [0.1, 0.15) is 38.5 Å². The fraction of sp³-hybridized carbons (Fsp3) is 0.917. The van der Waals surface area contributed by atoms with E-state index in [9.17, 15) is 18.3 Å².